The van der Waals surface area contributed by atoms with Crippen LogP contribution in [-0.4, -0.2) is 68.2 Å². The molecule has 0 radical (unpaired) electrons. The van der Waals surface area contributed by atoms with Gasteiger partial charge in [0, 0.05) is 60.4 Å². The fraction of sp³-hybridized carbons (Fsp3) is 0.350. The van der Waals surface area contributed by atoms with Crippen LogP contribution in [0.3, 0.4) is 0 Å². The van der Waals surface area contributed by atoms with Gasteiger partial charge in [0.15, 0.2) is 22.9 Å². The van der Waals surface area contributed by atoms with E-state index in [4.69, 9.17) is 4.98 Å². The molecule has 0 bridgehead atoms. The fourth-order valence-electron chi connectivity index (χ4n) is 6.38. The quantitative estimate of drug-likeness (QED) is 0.162. The van der Waals surface area contributed by atoms with Crippen molar-refractivity contribution in [3.8, 4) is 11.3 Å². The van der Waals surface area contributed by atoms with Gasteiger partial charge in [0.05, 0.1) is 56.7 Å². The maximum absolute atomic E-state index is 12.7. The van der Waals surface area contributed by atoms with E-state index >= 15 is 0 Å². The van der Waals surface area contributed by atoms with Gasteiger partial charge in [-0.2, -0.15) is 20.4 Å². The molecule has 8 aromatic rings. The highest BCUT2D eigenvalue weighted by Gasteiger charge is 2.21. The predicted octanol–water partition coefficient (Wildman–Crippen LogP) is 5.94. The van der Waals surface area contributed by atoms with Crippen LogP contribution in [0, 0.1) is 0 Å². The van der Waals surface area contributed by atoms with E-state index < -0.39 is 0 Å². The lowest BCUT2D eigenvalue weighted by Crippen LogP contribution is -2.17. The molecule has 0 aliphatic carbocycles. The molecule has 18 nitrogen and oxygen atoms in total. The van der Waals surface area contributed by atoms with Crippen molar-refractivity contribution in [3.63, 3.8) is 0 Å². The van der Waals surface area contributed by atoms with Crippen LogP contribution in [0.15, 0.2) is 80.1 Å². The van der Waals surface area contributed by atoms with Gasteiger partial charge >= 0.3 is 0 Å². The second-order valence-electron chi connectivity index (χ2n) is 14.8. The molecule has 0 aliphatic heterocycles. The van der Waals surface area contributed by atoms with Crippen LogP contribution in [0.1, 0.15) is 62.6 Å². The Kier molecular flexibility index (Phi) is 13.4. The number of pyridine rings is 4. The van der Waals surface area contributed by atoms with Crippen LogP contribution in [0.5, 0.6) is 0 Å². The fourth-order valence-corrected chi connectivity index (χ4v) is 7.21. The van der Waals surface area contributed by atoms with Crippen LogP contribution in [-0.2, 0) is 55.4 Å². The van der Waals surface area contributed by atoms with Crippen LogP contribution < -0.4 is 21.8 Å². The number of fused-ring (bicyclic) bond motifs is 2. The molecule has 8 heterocycles. The van der Waals surface area contributed by atoms with Gasteiger partial charge in [-0.3, -0.25) is 28.3 Å². The second kappa shape index (κ2) is 18.5. The number of anilines is 2. The molecule has 0 spiro atoms. The molecule has 0 aromatic carbocycles. The largest absolute Gasteiger partial charge is 0.377 e. The first-order valence-corrected chi connectivity index (χ1v) is 20.7. The highest BCUT2D eigenvalue weighted by Crippen LogP contribution is 2.34. The smallest absolute Gasteiger partial charge is 0.264 e. The summed E-state index contributed by atoms with van der Waals surface area (Å²) in [5.41, 5.74) is 6.48. The van der Waals surface area contributed by atoms with E-state index in [1.807, 2.05) is 57.1 Å². The highest BCUT2D eigenvalue weighted by atomic mass is 79.9. The van der Waals surface area contributed by atoms with Gasteiger partial charge in [0.25, 0.3) is 11.1 Å². The molecule has 0 atom stereocenters. The SMILES string of the molecule is CC(C)c1nn(C)c2nc(-c3cccn(C)c3=O)cc(NCc3ncn(C)n3)c12.CC(C)c1nn(C)c2nc(Br)cc(NCc3ncn(C)n3)c12.Cn1cccc(Br)c1=O. The zero-order valence-corrected chi connectivity index (χ0v) is 38.3. The van der Waals surface area contributed by atoms with Gasteiger partial charge in [-0.1, -0.05) is 27.7 Å². The first-order chi connectivity index (χ1) is 28.5. The lowest BCUT2D eigenvalue weighted by molar-refractivity contribution is 0.724. The van der Waals surface area contributed by atoms with Crippen molar-refractivity contribution in [1.29, 1.82) is 0 Å². The Labute approximate surface area is 363 Å². The number of aryl methyl sites for hydroxylation is 6. The van der Waals surface area contributed by atoms with Crippen LogP contribution in [0.4, 0.5) is 11.4 Å². The van der Waals surface area contributed by atoms with Crippen LogP contribution >= 0.6 is 31.9 Å². The van der Waals surface area contributed by atoms with E-state index in [9.17, 15) is 9.59 Å². The van der Waals surface area contributed by atoms with E-state index in [0.29, 0.717) is 40.6 Å². The predicted molar refractivity (Wildman–Crippen MR) is 240 cm³/mol. The number of aromatic nitrogens is 14. The first kappa shape index (κ1) is 43.6. The topological polar surface area (TPSA) is 191 Å². The molecule has 0 fully saturated rings. The Morgan fingerprint density at radius 1 is 0.633 bits per heavy atom. The molecule has 0 saturated heterocycles. The zero-order chi connectivity index (χ0) is 43.4. The Hall–Kier alpha value is -6.02. The third kappa shape index (κ3) is 9.71. The molecule has 0 saturated carbocycles. The third-order valence-electron chi connectivity index (χ3n) is 9.35. The minimum Gasteiger partial charge on any atom is -0.377 e. The number of hydrogen-bond acceptors (Lipinski definition) is 12. The number of nitrogens with zero attached hydrogens (tertiary/aromatic N) is 14. The number of halogens is 2. The number of rotatable bonds is 9. The molecule has 314 valence electrons. The Morgan fingerprint density at radius 2 is 1.12 bits per heavy atom. The van der Waals surface area contributed by atoms with Crippen molar-refractivity contribution in [2.75, 3.05) is 10.6 Å². The summed E-state index contributed by atoms with van der Waals surface area (Å²) in [4.78, 5) is 41.4. The lowest BCUT2D eigenvalue weighted by Gasteiger charge is -2.11. The zero-order valence-electron chi connectivity index (χ0n) is 35.2. The van der Waals surface area contributed by atoms with Gasteiger partial charge < -0.3 is 19.8 Å². The Balaban J connectivity index is 0.000000171. The maximum Gasteiger partial charge on any atom is 0.264 e. The van der Waals surface area contributed by atoms with Crippen molar-refractivity contribution in [3.05, 3.63) is 114 Å². The van der Waals surface area contributed by atoms with E-state index in [1.54, 1.807) is 69.9 Å². The summed E-state index contributed by atoms with van der Waals surface area (Å²) in [7, 11) is 10.9. The van der Waals surface area contributed by atoms with Gasteiger partial charge in [-0.25, -0.2) is 19.9 Å². The molecular formula is C40H48Br2N16O2. The average Bonchev–Trinajstić information content (AvgIpc) is 3.99. The summed E-state index contributed by atoms with van der Waals surface area (Å²) >= 11 is 6.58. The minimum atomic E-state index is -0.0945. The summed E-state index contributed by atoms with van der Waals surface area (Å²) in [6.07, 6.45) is 6.81. The molecule has 0 aliphatic rings. The molecule has 0 unspecified atom stereocenters. The van der Waals surface area contributed by atoms with Gasteiger partial charge in [-0.15, -0.1) is 0 Å². The van der Waals surface area contributed by atoms with E-state index in [0.717, 1.165) is 55.3 Å². The summed E-state index contributed by atoms with van der Waals surface area (Å²) < 4.78 is 11.4. The second-order valence-corrected chi connectivity index (χ2v) is 16.4. The monoisotopic (exact) mass is 942 g/mol. The van der Waals surface area contributed by atoms with Gasteiger partial charge in [0.1, 0.15) is 17.3 Å². The summed E-state index contributed by atoms with van der Waals surface area (Å²) in [5, 5.41) is 26.7. The third-order valence-corrected chi connectivity index (χ3v) is 10.4. The maximum atomic E-state index is 12.7. The lowest BCUT2D eigenvalue weighted by atomic mass is 10.0. The van der Waals surface area contributed by atoms with Gasteiger partial charge in [-0.05, 0) is 80.1 Å². The average molecular weight is 945 g/mol. The summed E-state index contributed by atoms with van der Waals surface area (Å²) in [6, 6.07) is 11.1. The standard InChI is InChI=1S/C20H24N8O.C14H18BrN7.C6H6BrNO/c1-12(2)18-17-15(21-10-16-22-11-27(4)24-16)9-14(23-19(17)28(5)25-18)13-7-6-8-26(3)20(13)29;1-8(2)13-12-9(16-6-11-17-7-21(3)19-11)5-10(15)18-14(12)22(4)20-13;1-8-4-2-3-5(7)6(8)9/h6-9,11-12H,10H2,1-5H3,(H,21,23);5,7-8H,6H2,1-4H3,(H,16,18);2-4H,1H3. The van der Waals surface area contributed by atoms with Crippen molar-refractivity contribution in [2.45, 2.75) is 52.6 Å². The van der Waals surface area contributed by atoms with Crippen LogP contribution in [0.2, 0.25) is 0 Å². The summed E-state index contributed by atoms with van der Waals surface area (Å²) in [5.74, 6) is 1.98. The molecule has 60 heavy (non-hydrogen) atoms. The molecule has 2 N–H and O–H groups in total. The highest BCUT2D eigenvalue weighted by molar-refractivity contribution is 9.10. The Morgan fingerprint density at radius 3 is 1.58 bits per heavy atom. The normalized spacial score (nSPS) is 11.2. The molecule has 20 heteroatoms. The molecule has 8 rings (SSSR count). The molecule has 8 aromatic heterocycles. The molecule has 0 amide bonds. The number of nitrogens with one attached hydrogen (secondary N) is 2. The van der Waals surface area contributed by atoms with Crippen molar-refractivity contribution < 1.29 is 0 Å². The van der Waals surface area contributed by atoms with E-state index in [1.165, 1.54) is 4.57 Å². The summed E-state index contributed by atoms with van der Waals surface area (Å²) in [6.45, 7) is 9.48. The van der Waals surface area contributed by atoms with Gasteiger partial charge in [0.2, 0.25) is 0 Å². The first-order valence-electron chi connectivity index (χ1n) is 19.1. The van der Waals surface area contributed by atoms with Crippen molar-refractivity contribution >= 4 is 65.3 Å². The van der Waals surface area contributed by atoms with E-state index in [2.05, 4.69) is 106 Å². The van der Waals surface area contributed by atoms with E-state index in [-0.39, 0.29) is 17.0 Å². The Bertz CT molecular complexity index is 2880. The van der Waals surface area contributed by atoms with Crippen molar-refractivity contribution in [2.24, 2.45) is 42.3 Å². The van der Waals surface area contributed by atoms with Crippen molar-refractivity contribution in [1.82, 2.24) is 68.2 Å². The van der Waals surface area contributed by atoms with Crippen LogP contribution in [0.25, 0.3) is 33.3 Å². The molecular weight excluding hydrogens is 896 g/mol. The minimum absolute atomic E-state index is 0.00231. The number of hydrogen-bond donors (Lipinski definition) is 2.